The largest absolute Gasteiger partial charge is 0.506 e. The molecule has 0 saturated carbocycles. The highest BCUT2D eigenvalue weighted by molar-refractivity contribution is 9.10. The van der Waals surface area contributed by atoms with Gasteiger partial charge in [-0.15, -0.1) is 0 Å². The first-order valence-corrected chi connectivity index (χ1v) is 8.55. The Morgan fingerprint density at radius 3 is 2.81 bits per heavy atom. The van der Waals surface area contributed by atoms with Gasteiger partial charge >= 0.3 is 0 Å². The van der Waals surface area contributed by atoms with Gasteiger partial charge in [0.25, 0.3) is 5.91 Å². The summed E-state index contributed by atoms with van der Waals surface area (Å²) >= 11 is 3.30. The van der Waals surface area contributed by atoms with Gasteiger partial charge in [-0.1, -0.05) is 21.1 Å². The second kappa shape index (κ2) is 7.65. The van der Waals surface area contributed by atoms with Crippen LogP contribution in [0.25, 0.3) is 0 Å². The van der Waals surface area contributed by atoms with E-state index in [9.17, 15) is 9.90 Å². The molecule has 0 aliphatic carbocycles. The Labute approximate surface area is 158 Å². The molecule has 1 unspecified atom stereocenters. The van der Waals surface area contributed by atoms with E-state index in [1.54, 1.807) is 44.6 Å². The van der Waals surface area contributed by atoms with Crippen molar-refractivity contribution >= 4 is 33.2 Å². The quantitative estimate of drug-likeness (QED) is 0.724. The molecule has 3 rings (SSSR count). The van der Waals surface area contributed by atoms with Crippen molar-refractivity contribution in [1.82, 2.24) is 0 Å². The lowest BCUT2D eigenvalue weighted by molar-refractivity contribution is -0.125. The Hall–Kier alpha value is -2.74. The maximum atomic E-state index is 12.4. The number of nitrogens with zero attached hydrogens (tertiary/aromatic N) is 1. The highest BCUT2D eigenvalue weighted by Crippen LogP contribution is 2.30. The molecule has 0 aromatic heterocycles. The van der Waals surface area contributed by atoms with E-state index in [-0.39, 0.29) is 12.2 Å². The third-order valence-corrected chi connectivity index (χ3v) is 4.39. The molecule has 0 fully saturated rings. The number of amides is 1. The van der Waals surface area contributed by atoms with Gasteiger partial charge in [0.05, 0.1) is 25.6 Å². The SMILES string of the molecule is COc1ccc(OC)c(C2=NOC(C(=O)Nc3cc(Br)ccc3O)C2)c1. The zero-order valence-electron chi connectivity index (χ0n) is 14.2. The molecule has 1 amide bonds. The normalized spacial score (nSPS) is 15.8. The highest BCUT2D eigenvalue weighted by atomic mass is 79.9. The van der Waals surface area contributed by atoms with E-state index in [1.165, 1.54) is 6.07 Å². The van der Waals surface area contributed by atoms with Gasteiger partial charge in [0, 0.05) is 16.5 Å². The number of carbonyl (C=O) groups excluding carboxylic acids is 1. The minimum absolute atomic E-state index is 0.0323. The first kappa shape index (κ1) is 18.1. The maximum absolute atomic E-state index is 12.4. The monoisotopic (exact) mass is 420 g/mol. The first-order valence-electron chi connectivity index (χ1n) is 7.76. The fourth-order valence-corrected chi connectivity index (χ4v) is 2.90. The average molecular weight is 421 g/mol. The lowest BCUT2D eigenvalue weighted by Crippen LogP contribution is -2.28. The Morgan fingerprint density at radius 2 is 2.08 bits per heavy atom. The second-order valence-electron chi connectivity index (χ2n) is 5.55. The van der Waals surface area contributed by atoms with Gasteiger partial charge in [-0.2, -0.15) is 0 Å². The van der Waals surface area contributed by atoms with E-state index in [4.69, 9.17) is 14.3 Å². The van der Waals surface area contributed by atoms with Gasteiger partial charge < -0.3 is 24.7 Å². The lowest BCUT2D eigenvalue weighted by atomic mass is 10.0. The fraction of sp³-hybridized carbons (Fsp3) is 0.222. The van der Waals surface area contributed by atoms with Crippen molar-refractivity contribution < 1.29 is 24.2 Å². The molecule has 2 aromatic carbocycles. The van der Waals surface area contributed by atoms with Crippen LogP contribution in [0.15, 0.2) is 46.0 Å². The number of nitrogens with one attached hydrogen (secondary N) is 1. The molecular formula is C18H17BrN2O5. The van der Waals surface area contributed by atoms with Crippen molar-refractivity contribution in [3.63, 3.8) is 0 Å². The molecule has 0 bridgehead atoms. The van der Waals surface area contributed by atoms with Crippen LogP contribution in [0.1, 0.15) is 12.0 Å². The molecule has 2 N–H and O–H groups in total. The summed E-state index contributed by atoms with van der Waals surface area (Å²) in [5, 5.41) is 16.5. The third-order valence-electron chi connectivity index (χ3n) is 3.90. The van der Waals surface area contributed by atoms with Gasteiger partial charge in [-0.3, -0.25) is 4.79 Å². The van der Waals surface area contributed by atoms with E-state index in [1.807, 2.05) is 0 Å². The molecule has 1 aliphatic rings. The molecule has 2 aromatic rings. The Kier molecular flexibility index (Phi) is 5.32. The zero-order valence-corrected chi connectivity index (χ0v) is 15.7. The van der Waals surface area contributed by atoms with Crippen LogP contribution in [0.2, 0.25) is 0 Å². The summed E-state index contributed by atoms with van der Waals surface area (Å²) in [5.41, 5.74) is 1.58. The van der Waals surface area contributed by atoms with Gasteiger partial charge in [0.15, 0.2) is 0 Å². The van der Waals surface area contributed by atoms with Crippen LogP contribution in [0.5, 0.6) is 17.2 Å². The topological polar surface area (TPSA) is 89.4 Å². The van der Waals surface area contributed by atoms with Crippen LogP contribution in [0, 0.1) is 0 Å². The Balaban J connectivity index is 1.74. The molecule has 7 nitrogen and oxygen atoms in total. The second-order valence-corrected chi connectivity index (χ2v) is 6.47. The van der Waals surface area contributed by atoms with E-state index >= 15 is 0 Å². The van der Waals surface area contributed by atoms with Gasteiger partial charge in [0.1, 0.15) is 17.2 Å². The number of rotatable bonds is 5. The number of oxime groups is 1. The number of anilines is 1. The highest BCUT2D eigenvalue weighted by Gasteiger charge is 2.31. The minimum atomic E-state index is -0.806. The summed E-state index contributed by atoms with van der Waals surface area (Å²) in [6.45, 7) is 0. The third kappa shape index (κ3) is 3.75. The van der Waals surface area contributed by atoms with Crippen molar-refractivity contribution in [1.29, 1.82) is 0 Å². The number of halogens is 1. The molecule has 1 heterocycles. The fourth-order valence-electron chi connectivity index (χ4n) is 2.54. The summed E-state index contributed by atoms with van der Waals surface area (Å²) in [7, 11) is 3.13. The van der Waals surface area contributed by atoms with Crippen molar-refractivity contribution in [2.45, 2.75) is 12.5 Å². The summed E-state index contributed by atoms with van der Waals surface area (Å²) in [6, 6.07) is 10.1. The van der Waals surface area contributed by atoms with Crippen LogP contribution in [0.3, 0.4) is 0 Å². The summed E-state index contributed by atoms with van der Waals surface area (Å²) < 4.78 is 11.3. The number of ether oxygens (including phenoxy) is 2. The summed E-state index contributed by atoms with van der Waals surface area (Å²) in [4.78, 5) is 17.7. The lowest BCUT2D eigenvalue weighted by Gasteiger charge is -2.12. The van der Waals surface area contributed by atoms with Crippen LogP contribution in [-0.4, -0.2) is 37.0 Å². The zero-order chi connectivity index (χ0) is 18.7. The van der Waals surface area contributed by atoms with Gasteiger partial charge in [0.2, 0.25) is 6.10 Å². The summed E-state index contributed by atoms with van der Waals surface area (Å²) in [5.74, 6) is 0.823. The average Bonchev–Trinajstić information content (AvgIpc) is 3.14. The number of methoxy groups -OCH3 is 2. The van der Waals surface area contributed by atoms with Crippen LogP contribution in [-0.2, 0) is 9.63 Å². The molecular weight excluding hydrogens is 404 g/mol. The molecule has 0 spiro atoms. The number of carbonyl (C=O) groups is 1. The molecule has 0 saturated heterocycles. The smallest absolute Gasteiger partial charge is 0.268 e. The number of aromatic hydroxyl groups is 1. The van der Waals surface area contributed by atoms with Crippen molar-refractivity contribution in [3.8, 4) is 17.2 Å². The first-order chi connectivity index (χ1) is 12.5. The molecule has 1 aliphatic heterocycles. The predicted octanol–water partition coefficient (Wildman–Crippen LogP) is 3.30. The standard InChI is InChI=1S/C18H17BrN2O5/c1-24-11-4-6-16(25-2)12(8-11)13-9-17(26-21-13)18(23)20-14-7-10(19)3-5-15(14)22/h3-8,17,22H,9H2,1-2H3,(H,20,23). The number of hydrogen-bond donors (Lipinski definition) is 2. The number of hydrogen-bond acceptors (Lipinski definition) is 6. The molecule has 1 atom stereocenters. The predicted molar refractivity (Wildman–Crippen MR) is 100 cm³/mol. The van der Waals surface area contributed by atoms with E-state index in [0.29, 0.717) is 28.5 Å². The van der Waals surface area contributed by atoms with Gasteiger partial charge in [-0.05, 0) is 36.4 Å². The van der Waals surface area contributed by atoms with E-state index in [2.05, 4.69) is 26.4 Å². The number of phenolic OH excluding ortho intramolecular Hbond substituents is 1. The number of benzene rings is 2. The van der Waals surface area contributed by atoms with Crippen LogP contribution < -0.4 is 14.8 Å². The minimum Gasteiger partial charge on any atom is -0.506 e. The van der Waals surface area contributed by atoms with Crippen LogP contribution in [0.4, 0.5) is 5.69 Å². The molecule has 136 valence electrons. The van der Waals surface area contributed by atoms with E-state index < -0.39 is 12.0 Å². The van der Waals surface area contributed by atoms with Crippen molar-refractivity contribution in [2.75, 3.05) is 19.5 Å². The molecule has 0 radical (unpaired) electrons. The van der Waals surface area contributed by atoms with Gasteiger partial charge in [-0.25, -0.2) is 0 Å². The van der Waals surface area contributed by atoms with E-state index in [0.717, 1.165) is 4.47 Å². The summed E-state index contributed by atoms with van der Waals surface area (Å²) in [6.07, 6.45) is -0.538. The Bertz CT molecular complexity index is 869. The molecule has 8 heteroatoms. The van der Waals surface area contributed by atoms with Crippen LogP contribution >= 0.6 is 15.9 Å². The molecule has 26 heavy (non-hydrogen) atoms. The van der Waals surface area contributed by atoms with Crippen molar-refractivity contribution in [2.24, 2.45) is 5.16 Å². The number of phenols is 1. The maximum Gasteiger partial charge on any atom is 0.268 e. The Morgan fingerprint density at radius 1 is 1.27 bits per heavy atom. The van der Waals surface area contributed by atoms with Crippen molar-refractivity contribution in [3.05, 3.63) is 46.4 Å².